The Bertz CT molecular complexity index is 190. The van der Waals surface area contributed by atoms with E-state index in [4.69, 9.17) is 4.74 Å². The van der Waals surface area contributed by atoms with Crippen LogP contribution in [0.4, 0.5) is 0 Å². The Morgan fingerprint density at radius 2 is 2.31 bits per heavy atom. The summed E-state index contributed by atoms with van der Waals surface area (Å²) >= 11 is 0. The molecule has 70 valence electrons. The van der Waals surface area contributed by atoms with E-state index < -0.39 is 0 Å². The van der Waals surface area contributed by atoms with Crippen molar-refractivity contribution in [2.75, 3.05) is 0 Å². The third-order valence-corrected chi connectivity index (χ3v) is 3.57. The van der Waals surface area contributed by atoms with E-state index in [-0.39, 0.29) is 50.4 Å². The smallest absolute Gasteiger partial charge is 0.146 e. The minimum Gasteiger partial charge on any atom is -0.390 e. The van der Waals surface area contributed by atoms with Crippen LogP contribution >= 0.6 is 0 Å². The molecule has 4 heteroatoms. The molecule has 1 unspecified atom stereocenters. The monoisotopic (exact) mass is 256 g/mol. The molecule has 1 heterocycles. The van der Waals surface area contributed by atoms with Crippen molar-refractivity contribution in [1.82, 2.24) is 0 Å². The van der Waals surface area contributed by atoms with Crippen LogP contribution in [-0.4, -0.2) is 30.1 Å². The van der Waals surface area contributed by atoms with Gasteiger partial charge in [0.25, 0.3) is 0 Å². The molecule has 0 amide bonds. The van der Waals surface area contributed by atoms with Gasteiger partial charge >= 0.3 is 0 Å². The standard InChI is InChI=1S/C9H16BO2.Y/c1-3-9-5-4-6(7(9)11)8(10-2)12-9;/h6-8,11H,3-5H2,1-2H3;/t6?,7-,8-,9+;/m1./s1. The van der Waals surface area contributed by atoms with Gasteiger partial charge in [-0.1, -0.05) is 13.7 Å². The van der Waals surface area contributed by atoms with Crippen molar-refractivity contribution in [3.63, 3.8) is 0 Å². The van der Waals surface area contributed by atoms with Gasteiger partial charge in [0.1, 0.15) is 7.28 Å². The van der Waals surface area contributed by atoms with Gasteiger partial charge in [-0.05, 0) is 19.3 Å². The number of aliphatic hydroxyl groups excluding tert-OH is 1. The molecule has 2 fully saturated rings. The van der Waals surface area contributed by atoms with Crippen molar-refractivity contribution in [2.24, 2.45) is 5.92 Å². The van der Waals surface area contributed by atoms with Crippen LogP contribution in [0, 0.1) is 5.92 Å². The van der Waals surface area contributed by atoms with E-state index in [1.54, 1.807) is 0 Å². The van der Waals surface area contributed by atoms with Gasteiger partial charge in [-0.3, -0.25) is 0 Å². The zero-order chi connectivity index (χ0) is 8.77. The minimum absolute atomic E-state index is 0. The molecule has 0 aromatic rings. The van der Waals surface area contributed by atoms with Gasteiger partial charge in [0.05, 0.1) is 11.7 Å². The molecule has 0 aromatic carbocycles. The number of ether oxygens (including phenoxy) is 1. The topological polar surface area (TPSA) is 29.5 Å². The molecule has 1 aliphatic heterocycles. The molecule has 2 radical (unpaired) electrons. The molecule has 1 N–H and O–H groups in total. The average Bonchev–Trinajstić information content (AvgIpc) is 2.58. The third kappa shape index (κ3) is 1.67. The fraction of sp³-hybridized carbons (Fsp3) is 1.00. The van der Waals surface area contributed by atoms with E-state index in [9.17, 15) is 5.11 Å². The Balaban J connectivity index is 0.000000845. The number of rotatable bonds is 2. The van der Waals surface area contributed by atoms with Crippen LogP contribution in [0.1, 0.15) is 26.2 Å². The maximum atomic E-state index is 9.94. The van der Waals surface area contributed by atoms with Gasteiger partial charge in [0, 0.05) is 44.6 Å². The summed E-state index contributed by atoms with van der Waals surface area (Å²) in [6.07, 6.45) is 2.89. The summed E-state index contributed by atoms with van der Waals surface area (Å²) in [5.41, 5.74) is -0.193. The van der Waals surface area contributed by atoms with Gasteiger partial charge in [0.15, 0.2) is 0 Å². The predicted molar refractivity (Wildman–Crippen MR) is 48.2 cm³/mol. The van der Waals surface area contributed by atoms with Crippen molar-refractivity contribution >= 4 is 7.28 Å². The van der Waals surface area contributed by atoms with E-state index >= 15 is 0 Å². The van der Waals surface area contributed by atoms with E-state index in [0.29, 0.717) is 5.92 Å². The van der Waals surface area contributed by atoms with Crippen LogP contribution in [0.5, 0.6) is 0 Å². The van der Waals surface area contributed by atoms with Gasteiger partial charge in [-0.2, -0.15) is 0 Å². The molecule has 2 nitrogen and oxygen atoms in total. The van der Waals surface area contributed by atoms with E-state index in [1.165, 1.54) is 0 Å². The van der Waals surface area contributed by atoms with Gasteiger partial charge in [0.2, 0.25) is 0 Å². The summed E-state index contributed by atoms with van der Waals surface area (Å²) < 4.78 is 5.85. The molecule has 1 aliphatic carbocycles. The summed E-state index contributed by atoms with van der Waals surface area (Å²) in [7, 11) is 2.07. The third-order valence-electron chi connectivity index (χ3n) is 3.57. The zero-order valence-electron chi connectivity index (χ0n) is 8.36. The quantitative estimate of drug-likeness (QED) is 0.747. The Morgan fingerprint density at radius 3 is 2.69 bits per heavy atom. The molecule has 2 bridgehead atoms. The summed E-state index contributed by atoms with van der Waals surface area (Å²) in [5, 5.41) is 9.94. The van der Waals surface area contributed by atoms with Gasteiger partial charge in [-0.25, -0.2) is 0 Å². The first-order chi connectivity index (χ1) is 5.73. The van der Waals surface area contributed by atoms with Crippen LogP contribution in [0.3, 0.4) is 0 Å². The van der Waals surface area contributed by atoms with Crippen LogP contribution in [-0.2, 0) is 37.4 Å². The van der Waals surface area contributed by atoms with Crippen LogP contribution in [0.2, 0.25) is 6.82 Å². The molecule has 1 saturated heterocycles. The molecule has 2 aliphatic rings. The predicted octanol–water partition coefficient (Wildman–Crippen LogP) is 1.01. The Morgan fingerprint density at radius 1 is 1.62 bits per heavy atom. The summed E-state index contributed by atoms with van der Waals surface area (Å²) in [5.74, 6) is 0.370. The first-order valence-electron chi connectivity index (χ1n) is 4.89. The molecule has 4 atom stereocenters. The van der Waals surface area contributed by atoms with Crippen molar-refractivity contribution in [3.8, 4) is 0 Å². The first-order valence-corrected chi connectivity index (χ1v) is 4.89. The number of fused-ring (bicyclic) bond motifs is 2. The van der Waals surface area contributed by atoms with Gasteiger partial charge < -0.3 is 9.84 Å². The zero-order valence-corrected chi connectivity index (χ0v) is 11.2. The Labute approximate surface area is 106 Å². The summed E-state index contributed by atoms with van der Waals surface area (Å²) in [6, 6.07) is 0.203. The maximum Gasteiger partial charge on any atom is 0.146 e. The summed E-state index contributed by atoms with van der Waals surface area (Å²) in [4.78, 5) is 0. The molecule has 0 aromatic heterocycles. The minimum atomic E-state index is -0.219. The van der Waals surface area contributed by atoms with Crippen LogP contribution in [0.25, 0.3) is 0 Å². The van der Waals surface area contributed by atoms with E-state index in [0.717, 1.165) is 19.3 Å². The Kier molecular flexibility index (Phi) is 4.02. The maximum absolute atomic E-state index is 9.94. The second-order valence-electron chi connectivity index (χ2n) is 3.98. The van der Waals surface area contributed by atoms with Crippen LogP contribution < -0.4 is 0 Å². The SMILES string of the molecule is C[B][C@@H]1O[C@@]2(CC)CCC1[C@H]2O.[Y]. The van der Waals surface area contributed by atoms with Crippen molar-refractivity contribution in [1.29, 1.82) is 0 Å². The normalized spacial score (nSPS) is 47.5. The number of hydrogen-bond donors (Lipinski definition) is 1. The number of hydrogen-bond acceptors (Lipinski definition) is 2. The molecule has 1 saturated carbocycles. The van der Waals surface area contributed by atoms with Crippen molar-refractivity contribution in [2.45, 2.75) is 50.7 Å². The molecular formula is C9H16BO2Y. The largest absolute Gasteiger partial charge is 0.390 e. The number of aliphatic hydroxyl groups is 1. The Hall–Kier alpha value is 1.09. The first kappa shape index (κ1) is 12.2. The fourth-order valence-corrected chi connectivity index (χ4v) is 2.72. The second kappa shape index (κ2) is 4.30. The van der Waals surface area contributed by atoms with Crippen molar-refractivity contribution in [3.05, 3.63) is 0 Å². The molecule has 0 spiro atoms. The fourth-order valence-electron chi connectivity index (χ4n) is 2.72. The molecule has 2 rings (SSSR count). The van der Waals surface area contributed by atoms with Crippen molar-refractivity contribution < 1.29 is 42.6 Å². The van der Waals surface area contributed by atoms with Gasteiger partial charge in [-0.15, -0.1) is 0 Å². The second-order valence-corrected chi connectivity index (χ2v) is 3.98. The average molecular weight is 256 g/mol. The molecule has 13 heavy (non-hydrogen) atoms. The van der Waals surface area contributed by atoms with Crippen LogP contribution in [0.15, 0.2) is 0 Å². The van der Waals surface area contributed by atoms with E-state index in [1.807, 2.05) is 6.82 Å². The van der Waals surface area contributed by atoms with E-state index in [2.05, 4.69) is 14.2 Å². The molecular weight excluding hydrogens is 240 g/mol. The summed E-state index contributed by atoms with van der Waals surface area (Å²) in [6.45, 7) is 4.12.